The molecule has 6 nitrogen and oxygen atoms in total. The van der Waals surface area contributed by atoms with Gasteiger partial charge in [0.2, 0.25) is 0 Å². The molecule has 1 amide bonds. The van der Waals surface area contributed by atoms with Gasteiger partial charge in [0.15, 0.2) is 11.7 Å². The van der Waals surface area contributed by atoms with Crippen LogP contribution in [-0.4, -0.2) is 24.5 Å². The highest BCUT2D eigenvalue weighted by Crippen LogP contribution is 2.08. The number of nitrogens with zero attached hydrogens (tertiary/aromatic N) is 1. The van der Waals surface area contributed by atoms with E-state index in [1.54, 1.807) is 12.1 Å². The van der Waals surface area contributed by atoms with Crippen LogP contribution in [0.15, 0.2) is 21.5 Å². The fourth-order valence-corrected chi connectivity index (χ4v) is 1.45. The van der Waals surface area contributed by atoms with Crippen LogP contribution in [0.5, 0.6) is 0 Å². The average Bonchev–Trinajstić information content (AvgIpc) is 2.85. The molecule has 0 aliphatic heterocycles. The minimum atomic E-state index is -0.571. The topological polar surface area (TPSA) is 92.6 Å². The van der Waals surface area contributed by atoms with E-state index in [1.807, 2.05) is 6.92 Å². The molecule has 1 rings (SSSR count). The first kappa shape index (κ1) is 19.8. The third kappa shape index (κ3) is 6.83. The van der Waals surface area contributed by atoms with Gasteiger partial charge in [-0.1, -0.05) is 13.8 Å². The van der Waals surface area contributed by atoms with E-state index in [9.17, 15) is 4.79 Å². The van der Waals surface area contributed by atoms with Crippen molar-refractivity contribution in [1.29, 1.82) is 0 Å². The van der Waals surface area contributed by atoms with Gasteiger partial charge in [-0.2, -0.15) is 0 Å². The molecule has 0 spiro atoms. The lowest BCUT2D eigenvalue weighted by atomic mass is 10.1. The second-order valence-electron chi connectivity index (χ2n) is 5.00. The molecule has 0 radical (unpaired) electrons. The fraction of sp³-hybridized carbons (Fsp3) is 0.571. The first-order chi connectivity index (χ1) is 9.43. The van der Waals surface area contributed by atoms with Crippen molar-refractivity contribution in [2.75, 3.05) is 6.54 Å². The lowest BCUT2D eigenvalue weighted by molar-refractivity contribution is 0.0972. The van der Waals surface area contributed by atoms with Crippen molar-refractivity contribution < 1.29 is 9.21 Å². The number of hydrogen-bond acceptors (Lipinski definition) is 3. The third-order valence-electron chi connectivity index (χ3n) is 3.01. The Labute approximate surface area is 143 Å². The van der Waals surface area contributed by atoms with Gasteiger partial charge in [-0.3, -0.25) is 4.79 Å². The van der Waals surface area contributed by atoms with E-state index in [-0.39, 0.29) is 29.7 Å². The number of guanidine groups is 1. The molecule has 7 heteroatoms. The van der Waals surface area contributed by atoms with Gasteiger partial charge in [-0.15, -0.1) is 24.0 Å². The van der Waals surface area contributed by atoms with Gasteiger partial charge in [0.25, 0.3) is 5.91 Å². The zero-order valence-corrected chi connectivity index (χ0v) is 15.3. The molecule has 1 aromatic heterocycles. The third-order valence-corrected chi connectivity index (χ3v) is 3.01. The molecule has 1 aromatic rings. The Hall–Kier alpha value is -1.25. The predicted octanol–water partition coefficient (Wildman–Crippen LogP) is 2.10. The number of carbonyl (C=O) groups is 1. The lowest BCUT2D eigenvalue weighted by Gasteiger charge is -2.20. The average molecular weight is 408 g/mol. The monoisotopic (exact) mass is 408 g/mol. The molecule has 1 heterocycles. The zero-order valence-electron chi connectivity index (χ0n) is 13.0. The summed E-state index contributed by atoms with van der Waals surface area (Å²) in [5.41, 5.74) is 5.14. The first-order valence-corrected chi connectivity index (χ1v) is 6.87. The van der Waals surface area contributed by atoms with Gasteiger partial charge < -0.3 is 20.8 Å². The van der Waals surface area contributed by atoms with Crippen molar-refractivity contribution in [2.45, 2.75) is 40.3 Å². The molecule has 0 saturated carbocycles. The largest absolute Gasteiger partial charge is 0.454 e. The summed E-state index contributed by atoms with van der Waals surface area (Å²) in [6.45, 7) is 9.54. The number of rotatable bonds is 6. The van der Waals surface area contributed by atoms with E-state index in [0.29, 0.717) is 24.3 Å². The molecule has 21 heavy (non-hydrogen) atoms. The van der Waals surface area contributed by atoms with E-state index in [4.69, 9.17) is 10.2 Å². The Kier molecular flexibility index (Phi) is 9.07. The molecular formula is C14H25IN4O2. The zero-order chi connectivity index (χ0) is 15.1. The summed E-state index contributed by atoms with van der Waals surface area (Å²) in [4.78, 5) is 15.4. The molecule has 0 bridgehead atoms. The summed E-state index contributed by atoms with van der Waals surface area (Å²) >= 11 is 0. The van der Waals surface area contributed by atoms with Crippen molar-refractivity contribution >= 4 is 35.8 Å². The first-order valence-electron chi connectivity index (χ1n) is 6.87. The minimum Gasteiger partial charge on any atom is -0.454 e. The normalized spacial score (nSPS) is 12.7. The Morgan fingerprint density at radius 2 is 2.05 bits per heavy atom. The van der Waals surface area contributed by atoms with Crippen LogP contribution in [0.3, 0.4) is 0 Å². The highest BCUT2D eigenvalue weighted by atomic mass is 127. The Balaban J connectivity index is 0.00000400. The summed E-state index contributed by atoms with van der Waals surface area (Å²) in [5.74, 6) is 1.42. The van der Waals surface area contributed by atoms with E-state index in [1.165, 1.54) is 0 Å². The quantitative estimate of drug-likeness (QED) is 0.382. The smallest absolute Gasteiger partial charge is 0.284 e. The summed E-state index contributed by atoms with van der Waals surface area (Å²) in [6, 6.07) is 3.58. The molecule has 120 valence electrons. The Morgan fingerprint density at radius 3 is 2.52 bits per heavy atom. The van der Waals surface area contributed by atoms with Crippen molar-refractivity contribution in [1.82, 2.24) is 10.6 Å². The Bertz CT molecular complexity index is 471. The molecule has 1 unspecified atom stereocenters. The predicted molar refractivity (Wildman–Crippen MR) is 94.9 cm³/mol. The van der Waals surface area contributed by atoms with Gasteiger partial charge in [-0.05, 0) is 31.9 Å². The van der Waals surface area contributed by atoms with E-state index in [0.717, 1.165) is 12.5 Å². The molecule has 1 atom stereocenters. The number of primary amides is 1. The molecular weight excluding hydrogens is 383 g/mol. The molecule has 0 aliphatic rings. The van der Waals surface area contributed by atoms with E-state index >= 15 is 0 Å². The molecule has 0 saturated heterocycles. The standard InChI is InChI=1S/C14H24N4O2.HI/c1-5-16-14(18-10(4)9(2)3)17-8-11-6-7-12(20-11)13(15)19;/h6-7,9-10H,5,8H2,1-4H3,(H2,15,19)(H2,16,17,18);1H. The Morgan fingerprint density at radius 1 is 1.38 bits per heavy atom. The van der Waals surface area contributed by atoms with Crippen LogP contribution in [0.25, 0.3) is 0 Å². The highest BCUT2D eigenvalue weighted by molar-refractivity contribution is 14.0. The van der Waals surface area contributed by atoms with Crippen molar-refractivity contribution in [3.05, 3.63) is 23.7 Å². The van der Waals surface area contributed by atoms with Crippen molar-refractivity contribution in [3.63, 3.8) is 0 Å². The van der Waals surface area contributed by atoms with Crippen LogP contribution in [0.1, 0.15) is 44.0 Å². The van der Waals surface area contributed by atoms with E-state index < -0.39 is 5.91 Å². The SMILES string of the molecule is CCNC(=NCc1ccc(C(N)=O)o1)NC(C)C(C)C.I. The highest BCUT2D eigenvalue weighted by Gasteiger charge is 2.10. The molecule has 0 aromatic carbocycles. The second-order valence-corrected chi connectivity index (χ2v) is 5.00. The van der Waals surface area contributed by atoms with Gasteiger partial charge >= 0.3 is 0 Å². The van der Waals surface area contributed by atoms with Crippen LogP contribution in [0, 0.1) is 5.92 Å². The van der Waals surface area contributed by atoms with Gasteiger partial charge in [-0.25, -0.2) is 4.99 Å². The number of nitrogens with two attached hydrogens (primary N) is 1. The molecule has 4 N–H and O–H groups in total. The van der Waals surface area contributed by atoms with Gasteiger partial charge in [0.1, 0.15) is 12.3 Å². The number of hydrogen-bond donors (Lipinski definition) is 3. The maximum absolute atomic E-state index is 10.9. The van der Waals surface area contributed by atoms with Crippen LogP contribution in [0.4, 0.5) is 0 Å². The molecule has 0 aliphatic carbocycles. The summed E-state index contributed by atoms with van der Waals surface area (Å²) < 4.78 is 5.29. The van der Waals surface area contributed by atoms with Crippen LogP contribution < -0.4 is 16.4 Å². The van der Waals surface area contributed by atoms with Crippen molar-refractivity contribution in [2.24, 2.45) is 16.6 Å². The number of halogens is 1. The summed E-state index contributed by atoms with van der Waals surface area (Å²) in [6.07, 6.45) is 0. The maximum Gasteiger partial charge on any atom is 0.284 e. The lowest BCUT2D eigenvalue weighted by Crippen LogP contribution is -2.44. The number of amides is 1. The van der Waals surface area contributed by atoms with Crippen LogP contribution >= 0.6 is 24.0 Å². The maximum atomic E-state index is 10.9. The number of carbonyl (C=O) groups excluding carboxylic acids is 1. The van der Waals surface area contributed by atoms with E-state index in [2.05, 4.69) is 36.4 Å². The molecule has 0 fully saturated rings. The summed E-state index contributed by atoms with van der Waals surface area (Å²) in [7, 11) is 0. The van der Waals surface area contributed by atoms with Crippen LogP contribution in [-0.2, 0) is 6.54 Å². The minimum absolute atomic E-state index is 0. The number of aliphatic imine (C=N–C) groups is 1. The van der Waals surface area contributed by atoms with Crippen LogP contribution in [0.2, 0.25) is 0 Å². The van der Waals surface area contributed by atoms with Gasteiger partial charge in [0.05, 0.1) is 0 Å². The summed E-state index contributed by atoms with van der Waals surface area (Å²) in [5, 5.41) is 6.50. The second kappa shape index (κ2) is 9.64. The van der Waals surface area contributed by atoms with Gasteiger partial charge in [0, 0.05) is 12.6 Å². The number of furan rings is 1. The van der Waals surface area contributed by atoms with Crippen molar-refractivity contribution in [3.8, 4) is 0 Å². The number of nitrogens with one attached hydrogen (secondary N) is 2. The fourth-order valence-electron chi connectivity index (χ4n) is 1.45.